The zero-order chi connectivity index (χ0) is 10.6. The highest BCUT2D eigenvalue weighted by Crippen LogP contribution is 2.00. The smallest absolute Gasteiger partial charge is 0.317 e. The predicted molar refractivity (Wildman–Crippen MR) is 56.1 cm³/mol. The van der Waals surface area contributed by atoms with E-state index in [9.17, 15) is 9.59 Å². The summed E-state index contributed by atoms with van der Waals surface area (Å²) in [6.07, 6.45) is 0. The van der Waals surface area contributed by atoms with Crippen LogP contribution in [0.25, 0.3) is 0 Å². The molecule has 1 rings (SSSR count). The number of rotatable bonds is 2. The summed E-state index contributed by atoms with van der Waals surface area (Å²) in [6, 6.07) is 7.58. The molecule has 4 nitrogen and oxygen atoms in total. The van der Waals surface area contributed by atoms with E-state index in [0.29, 0.717) is 5.56 Å². The van der Waals surface area contributed by atoms with Crippen molar-refractivity contribution in [2.24, 2.45) is 5.73 Å². The molecular formula is C9H8N2O2S. The van der Waals surface area contributed by atoms with Crippen LogP contribution in [0.2, 0.25) is 0 Å². The average molecular weight is 208 g/mol. The third-order valence-corrected chi connectivity index (χ3v) is 1.77. The van der Waals surface area contributed by atoms with Crippen LogP contribution in [0.1, 0.15) is 10.4 Å². The third-order valence-electron chi connectivity index (χ3n) is 1.48. The number of hydrogen-bond acceptors (Lipinski definition) is 3. The molecule has 5 heteroatoms. The normalized spacial score (nSPS) is 9.14. The van der Waals surface area contributed by atoms with E-state index in [-0.39, 0.29) is 4.99 Å². The second-order valence-corrected chi connectivity index (χ2v) is 2.92. The second-order valence-electron chi connectivity index (χ2n) is 2.51. The molecule has 0 spiro atoms. The van der Waals surface area contributed by atoms with Crippen LogP contribution in [0.3, 0.4) is 0 Å². The van der Waals surface area contributed by atoms with Gasteiger partial charge in [0.25, 0.3) is 0 Å². The molecule has 2 amide bonds. The van der Waals surface area contributed by atoms with Gasteiger partial charge < -0.3 is 5.73 Å². The molecule has 72 valence electrons. The van der Waals surface area contributed by atoms with Crippen LogP contribution in [-0.4, -0.2) is 16.8 Å². The Kier molecular flexibility index (Phi) is 3.30. The van der Waals surface area contributed by atoms with Crippen LogP contribution in [-0.2, 0) is 0 Å². The molecule has 14 heavy (non-hydrogen) atoms. The summed E-state index contributed by atoms with van der Waals surface area (Å²) in [7, 11) is 0. The summed E-state index contributed by atoms with van der Waals surface area (Å²) in [5, 5.41) is 2.06. The Morgan fingerprint density at radius 3 is 2.29 bits per heavy atom. The maximum Gasteiger partial charge on any atom is 0.317 e. The van der Waals surface area contributed by atoms with Gasteiger partial charge in [-0.3, -0.25) is 10.1 Å². The van der Waals surface area contributed by atoms with E-state index in [1.54, 1.807) is 30.3 Å². The van der Waals surface area contributed by atoms with Crippen molar-refractivity contribution in [3.05, 3.63) is 35.9 Å². The lowest BCUT2D eigenvalue weighted by molar-refractivity contribution is 0.106. The van der Waals surface area contributed by atoms with Gasteiger partial charge in [-0.15, -0.1) is 0 Å². The number of carbonyl (C=O) groups excluding carboxylic acids is 2. The molecule has 0 unspecified atom stereocenters. The highest BCUT2D eigenvalue weighted by molar-refractivity contribution is 7.82. The van der Waals surface area contributed by atoms with Crippen LogP contribution >= 0.6 is 12.2 Å². The van der Waals surface area contributed by atoms with Gasteiger partial charge in [0, 0.05) is 5.56 Å². The molecule has 0 radical (unpaired) electrons. The quantitative estimate of drug-likeness (QED) is 0.559. The van der Waals surface area contributed by atoms with Gasteiger partial charge in [-0.1, -0.05) is 42.5 Å². The zero-order valence-electron chi connectivity index (χ0n) is 7.19. The first-order chi connectivity index (χ1) is 6.61. The van der Waals surface area contributed by atoms with Gasteiger partial charge in [0.15, 0.2) is 4.99 Å². The van der Waals surface area contributed by atoms with Gasteiger partial charge >= 0.3 is 6.03 Å². The van der Waals surface area contributed by atoms with Gasteiger partial charge in [-0.25, -0.2) is 4.79 Å². The number of hydrogen-bond donors (Lipinski definition) is 2. The van der Waals surface area contributed by atoms with Crippen molar-refractivity contribution in [2.45, 2.75) is 0 Å². The number of benzene rings is 1. The maximum atomic E-state index is 11.5. The van der Waals surface area contributed by atoms with Crippen LogP contribution in [0.5, 0.6) is 0 Å². The van der Waals surface area contributed by atoms with E-state index in [0.717, 1.165) is 0 Å². The Morgan fingerprint density at radius 2 is 1.79 bits per heavy atom. The molecule has 0 bridgehead atoms. The molecule has 0 aliphatic rings. The first-order valence-corrected chi connectivity index (χ1v) is 4.22. The zero-order valence-corrected chi connectivity index (χ0v) is 8.01. The summed E-state index contributed by atoms with van der Waals surface area (Å²) in [5.74, 6) is -0.417. The van der Waals surface area contributed by atoms with E-state index in [2.05, 4.69) is 17.5 Å². The summed E-state index contributed by atoms with van der Waals surface area (Å²) in [5.41, 5.74) is 5.24. The lowest BCUT2D eigenvalue weighted by Gasteiger charge is -2.02. The van der Waals surface area contributed by atoms with E-state index in [1.807, 2.05) is 0 Å². The predicted octanol–water partition coefficient (Wildman–Crippen LogP) is 0.865. The van der Waals surface area contributed by atoms with Crippen molar-refractivity contribution < 1.29 is 9.59 Å². The molecule has 0 fully saturated rings. The van der Waals surface area contributed by atoms with Crippen molar-refractivity contribution in [1.82, 2.24) is 5.32 Å². The summed E-state index contributed by atoms with van der Waals surface area (Å²) in [4.78, 5) is 21.7. The van der Waals surface area contributed by atoms with Crippen LogP contribution in [0.4, 0.5) is 4.79 Å². The van der Waals surface area contributed by atoms with Crippen molar-refractivity contribution in [3.8, 4) is 0 Å². The van der Waals surface area contributed by atoms with Crippen LogP contribution in [0, 0.1) is 0 Å². The Balaban J connectivity index is 2.76. The van der Waals surface area contributed by atoms with Gasteiger partial charge in [0.1, 0.15) is 0 Å². The first-order valence-electron chi connectivity index (χ1n) is 3.81. The van der Waals surface area contributed by atoms with Crippen molar-refractivity contribution in [3.63, 3.8) is 0 Å². The molecule has 0 atom stereocenters. The van der Waals surface area contributed by atoms with Gasteiger partial charge in [0.05, 0.1) is 0 Å². The number of carbonyl (C=O) groups is 2. The summed E-state index contributed by atoms with van der Waals surface area (Å²) >= 11 is 4.67. The standard InChI is InChI=1S/C9H8N2O2S/c10-9(13)11-8(14)7(12)6-4-2-1-3-5-6/h1-5H,(H3,10,11,13,14). The SMILES string of the molecule is NC(=O)NC(=S)C(=O)c1ccccc1. The number of primary amides is 1. The number of amides is 2. The highest BCUT2D eigenvalue weighted by atomic mass is 32.1. The number of Topliss-reactive ketones (excluding diaryl/α,β-unsaturated/α-hetero) is 1. The fourth-order valence-corrected chi connectivity index (χ4v) is 1.11. The minimum absolute atomic E-state index is 0.191. The molecule has 0 saturated heterocycles. The lowest BCUT2D eigenvalue weighted by Crippen LogP contribution is -2.38. The fraction of sp³-hybridized carbons (Fsp3) is 0. The largest absolute Gasteiger partial charge is 0.351 e. The van der Waals surface area contributed by atoms with E-state index in [1.165, 1.54) is 0 Å². The molecule has 1 aromatic carbocycles. The molecule has 0 aliphatic carbocycles. The molecule has 0 saturated carbocycles. The maximum absolute atomic E-state index is 11.5. The van der Waals surface area contributed by atoms with E-state index < -0.39 is 11.8 Å². The fourth-order valence-electron chi connectivity index (χ4n) is 0.889. The summed E-state index contributed by atoms with van der Waals surface area (Å²) in [6.45, 7) is 0. The van der Waals surface area contributed by atoms with E-state index in [4.69, 9.17) is 5.73 Å². The number of nitrogens with two attached hydrogens (primary N) is 1. The molecule has 0 aromatic heterocycles. The highest BCUT2D eigenvalue weighted by Gasteiger charge is 2.12. The number of thiocarbonyl (C=S) groups is 1. The molecule has 1 aromatic rings. The third kappa shape index (κ3) is 2.63. The molecule has 0 aliphatic heterocycles. The van der Waals surface area contributed by atoms with Gasteiger partial charge in [-0.05, 0) is 0 Å². The van der Waals surface area contributed by atoms with Gasteiger partial charge in [-0.2, -0.15) is 0 Å². The lowest BCUT2D eigenvalue weighted by atomic mass is 10.1. The van der Waals surface area contributed by atoms with Gasteiger partial charge in [0.2, 0.25) is 5.78 Å². The number of nitrogens with one attached hydrogen (secondary N) is 1. The molecule has 3 N–H and O–H groups in total. The Labute approximate surface area is 86.1 Å². The van der Waals surface area contributed by atoms with E-state index >= 15 is 0 Å². The minimum atomic E-state index is -0.834. The second kappa shape index (κ2) is 4.48. The Hall–Kier alpha value is -1.75. The first kappa shape index (κ1) is 10.3. The van der Waals surface area contributed by atoms with Crippen molar-refractivity contribution in [2.75, 3.05) is 0 Å². The Morgan fingerprint density at radius 1 is 1.21 bits per heavy atom. The summed E-state index contributed by atoms with van der Waals surface area (Å²) < 4.78 is 0. The minimum Gasteiger partial charge on any atom is -0.351 e. The topological polar surface area (TPSA) is 72.2 Å². The van der Waals surface area contributed by atoms with Crippen molar-refractivity contribution in [1.29, 1.82) is 0 Å². The van der Waals surface area contributed by atoms with Crippen LogP contribution < -0.4 is 11.1 Å². The average Bonchev–Trinajstić information content (AvgIpc) is 2.17. The molecular weight excluding hydrogens is 200 g/mol. The van der Waals surface area contributed by atoms with Crippen LogP contribution in [0.15, 0.2) is 30.3 Å². The Bertz CT molecular complexity index is 376. The van der Waals surface area contributed by atoms with Crippen molar-refractivity contribution >= 4 is 29.0 Å². The number of urea groups is 1. The molecule has 0 heterocycles. The number of ketones is 1. The monoisotopic (exact) mass is 208 g/mol.